The Labute approximate surface area is 74.3 Å². The first-order chi connectivity index (χ1) is 5.70. The fraction of sp³-hybridized carbons (Fsp3) is 0.429. The smallest absolute Gasteiger partial charge is 0.248 e. The molecule has 1 aromatic heterocycles. The van der Waals surface area contributed by atoms with Crippen molar-refractivity contribution >= 4 is 17.2 Å². The summed E-state index contributed by atoms with van der Waals surface area (Å²) in [5, 5.41) is 13.2. The first-order valence-electron chi connectivity index (χ1n) is 3.53. The molecule has 0 aromatic carbocycles. The monoisotopic (exact) mass is 186 g/mol. The summed E-state index contributed by atoms with van der Waals surface area (Å²) in [6, 6.07) is 0. The van der Waals surface area contributed by atoms with Gasteiger partial charge < -0.3 is 10.4 Å². The number of hydrogen-bond acceptors (Lipinski definition) is 4. The van der Waals surface area contributed by atoms with Crippen LogP contribution in [0.15, 0.2) is 10.9 Å². The summed E-state index contributed by atoms with van der Waals surface area (Å²) >= 11 is 1.47. The molecule has 0 bridgehead atoms. The van der Waals surface area contributed by atoms with Crippen molar-refractivity contribution < 1.29 is 9.90 Å². The molecular weight excluding hydrogens is 176 g/mol. The van der Waals surface area contributed by atoms with Gasteiger partial charge in [-0.3, -0.25) is 4.79 Å². The van der Waals surface area contributed by atoms with Gasteiger partial charge in [0.25, 0.3) is 0 Å². The molecule has 12 heavy (non-hydrogen) atoms. The summed E-state index contributed by atoms with van der Waals surface area (Å²) in [4.78, 5) is 14.8. The number of rotatable bonds is 3. The number of thiazole rings is 1. The maximum absolute atomic E-state index is 10.9. The summed E-state index contributed by atoms with van der Waals surface area (Å²) in [6.07, 6.45) is -0.955. The molecule has 0 radical (unpaired) electrons. The number of carbonyl (C=O) groups excluding carboxylic acids is 1. The maximum Gasteiger partial charge on any atom is 0.248 e. The number of nitrogens with zero attached hydrogens (tertiary/aromatic N) is 1. The second-order valence-corrected chi connectivity index (χ2v) is 3.09. The molecule has 0 saturated carbocycles. The molecule has 66 valence electrons. The molecule has 0 unspecified atom stereocenters. The van der Waals surface area contributed by atoms with Gasteiger partial charge in [0.05, 0.1) is 17.7 Å². The van der Waals surface area contributed by atoms with Crippen LogP contribution in [0.3, 0.4) is 0 Å². The van der Waals surface area contributed by atoms with Crippen LogP contribution in [0.4, 0.5) is 0 Å². The van der Waals surface area contributed by atoms with Gasteiger partial charge in [-0.15, -0.1) is 11.3 Å². The minimum absolute atomic E-state index is 0.372. The summed E-state index contributed by atoms with van der Waals surface area (Å²) in [7, 11) is 0. The molecule has 0 aliphatic heterocycles. The Morgan fingerprint density at radius 2 is 2.67 bits per heavy atom. The molecule has 0 saturated heterocycles. The van der Waals surface area contributed by atoms with Crippen molar-refractivity contribution in [3.8, 4) is 0 Å². The SMILES string of the molecule is C[C@H](O)C(=O)NCc1cscn1. The van der Waals surface area contributed by atoms with Gasteiger partial charge in [-0.05, 0) is 6.92 Å². The van der Waals surface area contributed by atoms with Crippen molar-refractivity contribution in [3.05, 3.63) is 16.6 Å². The molecule has 1 amide bonds. The van der Waals surface area contributed by atoms with Crippen molar-refractivity contribution in [3.63, 3.8) is 0 Å². The van der Waals surface area contributed by atoms with Crippen LogP contribution in [-0.4, -0.2) is 22.1 Å². The Morgan fingerprint density at radius 3 is 3.17 bits per heavy atom. The van der Waals surface area contributed by atoms with E-state index < -0.39 is 6.10 Å². The zero-order valence-electron chi connectivity index (χ0n) is 6.65. The van der Waals surface area contributed by atoms with E-state index in [2.05, 4.69) is 10.3 Å². The van der Waals surface area contributed by atoms with Crippen molar-refractivity contribution in [2.24, 2.45) is 0 Å². The molecule has 0 spiro atoms. The average Bonchev–Trinajstić information content (AvgIpc) is 2.51. The predicted octanol–water partition coefficient (Wildman–Crippen LogP) is 0.140. The summed E-state index contributed by atoms with van der Waals surface area (Å²) in [6.45, 7) is 1.81. The van der Waals surface area contributed by atoms with E-state index in [0.29, 0.717) is 6.54 Å². The number of nitrogens with one attached hydrogen (secondary N) is 1. The van der Waals surface area contributed by atoms with Gasteiger partial charge in [0, 0.05) is 5.38 Å². The molecule has 4 nitrogen and oxygen atoms in total. The number of aromatic nitrogens is 1. The Kier molecular flexibility index (Phi) is 3.19. The number of amides is 1. The number of carbonyl (C=O) groups is 1. The molecule has 5 heteroatoms. The molecule has 0 aliphatic carbocycles. The third-order valence-electron chi connectivity index (χ3n) is 1.31. The fourth-order valence-electron chi connectivity index (χ4n) is 0.650. The lowest BCUT2D eigenvalue weighted by molar-refractivity contribution is -0.128. The van der Waals surface area contributed by atoms with Crippen LogP contribution >= 0.6 is 11.3 Å². The third kappa shape index (κ3) is 2.60. The van der Waals surface area contributed by atoms with E-state index in [0.717, 1.165) is 5.69 Å². The molecule has 0 fully saturated rings. The summed E-state index contributed by atoms with van der Waals surface area (Å²) < 4.78 is 0. The van der Waals surface area contributed by atoms with E-state index >= 15 is 0 Å². The minimum atomic E-state index is -0.955. The minimum Gasteiger partial charge on any atom is -0.384 e. The highest BCUT2D eigenvalue weighted by molar-refractivity contribution is 7.07. The Balaban J connectivity index is 2.32. The molecule has 2 N–H and O–H groups in total. The van der Waals surface area contributed by atoms with Crippen molar-refractivity contribution in [2.45, 2.75) is 19.6 Å². The highest BCUT2D eigenvalue weighted by Crippen LogP contribution is 1.99. The molecule has 1 aromatic rings. The molecule has 1 heterocycles. The van der Waals surface area contributed by atoms with Crippen molar-refractivity contribution in [2.75, 3.05) is 0 Å². The van der Waals surface area contributed by atoms with E-state index in [9.17, 15) is 4.79 Å². The van der Waals surface area contributed by atoms with E-state index in [1.807, 2.05) is 5.38 Å². The summed E-state index contributed by atoms with van der Waals surface area (Å²) in [5.74, 6) is -0.372. The first-order valence-corrected chi connectivity index (χ1v) is 4.47. The zero-order chi connectivity index (χ0) is 8.97. The molecule has 0 aliphatic rings. The summed E-state index contributed by atoms with van der Waals surface area (Å²) in [5.41, 5.74) is 2.51. The molecule has 1 atom stereocenters. The zero-order valence-corrected chi connectivity index (χ0v) is 7.47. The topological polar surface area (TPSA) is 62.2 Å². The Bertz CT molecular complexity index is 246. The second kappa shape index (κ2) is 4.18. The maximum atomic E-state index is 10.9. The number of aliphatic hydroxyl groups excluding tert-OH is 1. The van der Waals surface area contributed by atoms with Gasteiger partial charge in [-0.1, -0.05) is 0 Å². The third-order valence-corrected chi connectivity index (χ3v) is 1.94. The van der Waals surface area contributed by atoms with Gasteiger partial charge in [0.1, 0.15) is 6.10 Å². The number of hydrogen-bond donors (Lipinski definition) is 2. The highest BCUT2D eigenvalue weighted by atomic mass is 32.1. The van der Waals surface area contributed by atoms with Gasteiger partial charge in [0.15, 0.2) is 0 Å². The molecular formula is C7H10N2O2S. The van der Waals surface area contributed by atoms with Crippen LogP contribution < -0.4 is 5.32 Å². The van der Waals surface area contributed by atoms with Crippen molar-refractivity contribution in [1.29, 1.82) is 0 Å². The van der Waals surface area contributed by atoms with Gasteiger partial charge >= 0.3 is 0 Å². The van der Waals surface area contributed by atoms with E-state index in [1.54, 1.807) is 5.51 Å². The fourth-order valence-corrected chi connectivity index (χ4v) is 1.21. The normalized spacial score (nSPS) is 12.5. The van der Waals surface area contributed by atoms with Crippen LogP contribution in [0.5, 0.6) is 0 Å². The van der Waals surface area contributed by atoms with Crippen molar-refractivity contribution in [1.82, 2.24) is 10.3 Å². The molecule has 1 rings (SSSR count). The van der Waals surface area contributed by atoms with Gasteiger partial charge in [-0.2, -0.15) is 0 Å². The van der Waals surface area contributed by atoms with Crippen LogP contribution in [0.25, 0.3) is 0 Å². The average molecular weight is 186 g/mol. The van der Waals surface area contributed by atoms with E-state index in [-0.39, 0.29) is 5.91 Å². The second-order valence-electron chi connectivity index (χ2n) is 2.37. The Hall–Kier alpha value is -0.940. The number of aliphatic hydroxyl groups is 1. The lowest BCUT2D eigenvalue weighted by Crippen LogP contribution is -2.31. The quantitative estimate of drug-likeness (QED) is 0.705. The van der Waals surface area contributed by atoms with Crippen LogP contribution in [0, 0.1) is 0 Å². The lowest BCUT2D eigenvalue weighted by Gasteiger charge is -2.04. The van der Waals surface area contributed by atoms with Crippen LogP contribution in [0.2, 0.25) is 0 Å². The van der Waals surface area contributed by atoms with E-state index in [4.69, 9.17) is 5.11 Å². The van der Waals surface area contributed by atoms with E-state index in [1.165, 1.54) is 18.3 Å². The van der Waals surface area contributed by atoms with Crippen LogP contribution in [0.1, 0.15) is 12.6 Å². The largest absolute Gasteiger partial charge is 0.384 e. The van der Waals surface area contributed by atoms with Gasteiger partial charge in [0.2, 0.25) is 5.91 Å². The lowest BCUT2D eigenvalue weighted by atomic mass is 10.3. The predicted molar refractivity (Wildman–Crippen MR) is 45.6 cm³/mol. The highest BCUT2D eigenvalue weighted by Gasteiger charge is 2.07. The standard InChI is InChI=1S/C7H10N2O2S/c1-5(10)7(11)8-2-6-3-12-4-9-6/h3-5,10H,2H2,1H3,(H,8,11)/t5-/m0/s1. The Morgan fingerprint density at radius 1 is 1.92 bits per heavy atom. The van der Waals surface area contributed by atoms with Crippen LogP contribution in [-0.2, 0) is 11.3 Å². The van der Waals surface area contributed by atoms with Gasteiger partial charge in [-0.25, -0.2) is 4.98 Å². The first kappa shape index (κ1) is 9.15.